The van der Waals surface area contributed by atoms with Crippen LogP contribution >= 0.6 is 0 Å². The fraction of sp³-hybridized carbons (Fsp3) is 0.240. The van der Waals surface area contributed by atoms with E-state index < -0.39 is 0 Å². The van der Waals surface area contributed by atoms with Crippen LogP contribution in [0.15, 0.2) is 78.0 Å². The van der Waals surface area contributed by atoms with Gasteiger partial charge in [-0.25, -0.2) is 4.99 Å². The standard InChI is InChI=1S/C25H28N4O2/c1-4-18(2)20-10-12-22(13-11-20)28-25(27-17-19-7-6-14-26-16-19)29-24(30)21-8-5-9-23(15-21)31-3/h5-16,18H,4,17H2,1-3H3,(H2,27,28,29,30)/t18-/m0/s1. The van der Waals surface area contributed by atoms with E-state index in [1.807, 2.05) is 24.3 Å². The summed E-state index contributed by atoms with van der Waals surface area (Å²) in [6.07, 6.45) is 4.56. The summed E-state index contributed by atoms with van der Waals surface area (Å²) in [6.45, 7) is 4.77. The maximum Gasteiger partial charge on any atom is 0.258 e. The van der Waals surface area contributed by atoms with Crippen molar-refractivity contribution in [3.8, 4) is 5.75 Å². The third-order valence-electron chi connectivity index (χ3n) is 5.06. The van der Waals surface area contributed by atoms with E-state index in [4.69, 9.17) is 4.74 Å². The molecular weight excluding hydrogens is 388 g/mol. The number of aliphatic imine (C=N–C) groups is 1. The Morgan fingerprint density at radius 2 is 1.94 bits per heavy atom. The monoisotopic (exact) mass is 416 g/mol. The first-order chi connectivity index (χ1) is 15.1. The highest BCUT2D eigenvalue weighted by Gasteiger charge is 2.11. The lowest BCUT2D eigenvalue weighted by Crippen LogP contribution is -2.36. The van der Waals surface area contributed by atoms with Gasteiger partial charge >= 0.3 is 0 Å². The Bertz CT molecular complexity index is 1020. The molecule has 0 aliphatic rings. The van der Waals surface area contributed by atoms with Gasteiger partial charge in [0.15, 0.2) is 0 Å². The lowest BCUT2D eigenvalue weighted by molar-refractivity contribution is 0.0976. The molecule has 0 aliphatic heterocycles. The van der Waals surface area contributed by atoms with Gasteiger partial charge in [-0.05, 0) is 59.9 Å². The molecule has 3 aromatic rings. The molecule has 0 fully saturated rings. The Hall–Kier alpha value is -3.67. The molecule has 1 atom stereocenters. The largest absolute Gasteiger partial charge is 0.497 e. The Kier molecular flexibility index (Phi) is 7.76. The van der Waals surface area contributed by atoms with Crippen molar-refractivity contribution < 1.29 is 9.53 Å². The number of carbonyl (C=O) groups is 1. The lowest BCUT2D eigenvalue weighted by atomic mass is 9.99. The number of carbonyl (C=O) groups excluding carboxylic acids is 1. The fourth-order valence-corrected chi connectivity index (χ4v) is 2.98. The molecule has 31 heavy (non-hydrogen) atoms. The summed E-state index contributed by atoms with van der Waals surface area (Å²) < 4.78 is 5.22. The number of anilines is 1. The summed E-state index contributed by atoms with van der Waals surface area (Å²) in [4.78, 5) is 21.5. The minimum absolute atomic E-state index is 0.271. The predicted octanol–water partition coefficient (Wildman–Crippen LogP) is 5.00. The molecule has 0 radical (unpaired) electrons. The minimum Gasteiger partial charge on any atom is -0.497 e. The second-order valence-corrected chi connectivity index (χ2v) is 7.27. The van der Waals surface area contributed by atoms with E-state index in [1.54, 1.807) is 43.8 Å². The van der Waals surface area contributed by atoms with Gasteiger partial charge in [0.2, 0.25) is 5.96 Å². The van der Waals surface area contributed by atoms with Crippen LogP contribution in [-0.4, -0.2) is 24.0 Å². The van der Waals surface area contributed by atoms with Crippen molar-refractivity contribution >= 4 is 17.6 Å². The summed E-state index contributed by atoms with van der Waals surface area (Å²) in [5.74, 6) is 1.22. The number of nitrogens with zero attached hydrogens (tertiary/aromatic N) is 2. The van der Waals surface area contributed by atoms with Crippen LogP contribution in [0.2, 0.25) is 0 Å². The number of rotatable bonds is 7. The fourth-order valence-electron chi connectivity index (χ4n) is 2.98. The van der Waals surface area contributed by atoms with Gasteiger partial charge in [0.1, 0.15) is 5.75 Å². The molecule has 6 nitrogen and oxygen atoms in total. The van der Waals surface area contributed by atoms with E-state index in [9.17, 15) is 4.79 Å². The highest BCUT2D eigenvalue weighted by molar-refractivity contribution is 6.10. The number of methoxy groups -OCH3 is 1. The molecule has 0 unspecified atom stereocenters. The van der Waals surface area contributed by atoms with E-state index in [2.05, 4.69) is 46.6 Å². The second-order valence-electron chi connectivity index (χ2n) is 7.27. The third kappa shape index (κ3) is 6.40. The van der Waals surface area contributed by atoms with E-state index in [-0.39, 0.29) is 5.91 Å². The minimum atomic E-state index is -0.271. The average molecular weight is 417 g/mol. The van der Waals surface area contributed by atoms with Crippen LogP contribution in [0.3, 0.4) is 0 Å². The number of nitrogens with one attached hydrogen (secondary N) is 2. The van der Waals surface area contributed by atoms with Crippen LogP contribution in [0.1, 0.15) is 47.7 Å². The van der Waals surface area contributed by atoms with Crippen molar-refractivity contribution in [2.24, 2.45) is 4.99 Å². The summed E-state index contributed by atoms with van der Waals surface area (Å²) in [6, 6.07) is 19.0. The highest BCUT2D eigenvalue weighted by atomic mass is 16.5. The molecule has 2 N–H and O–H groups in total. The topological polar surface area (TPSA) is 75.6 Å². The number of guanidine groups is 1. The quantitative estimate of drug-likeness (QED) is 0.420. The number of hydrogen-bond acceptors (Lipinski definition) is 4. The number of benzene rings is 2. The van der Waals surface area contributed by atoms with Crippen molar-refractivity contribution in [2.45, 2.75) is 32.7 Å². The predicted molar refractivity (Wildman–Crippen MR) is 125 cm³/mol. The zero-order chi connectivity index (χ0) is 22.1. The summed E-state index contributed by atoms with van der Waals surface area (Å²) in [7, 11) is 1.57. The zero-order valence-corrected chi connectivity index (χ0v) is 18.1. The van der Waals surface area contributed by atoms with Gasteiger partial charge in [-0.15, -0.1) is 0 Å². The Balaban J connectivity index is 1.79. The van der Waals surface area contributed by atoms with Crippen LogP contribution < -0.4 is 15.4 Å². The van der Waals surface area contributed by atoms with Crippen LogP contribution in [0.25, 0.3) is 0 Å². The number of amides is 1. The first-order valence-corrected chi connectivity index (χ1v) is 10.3. The van der Waals surface area contributed by atoms with Gasteiger partial charge in [-0.1, -0.05) is 38.1 Å². The van der Waals surface area contributed by atoms with Gasteiger partial charge in [-0.2, -0.15) is 0 Å². The average Bonchev–Trinajstić information content (AvgIpc) is 2.83. The van der Waals surface area contributed by atoms with E-state index >= 15 is 0 Å². The molecule has 3 rings (SSSR count). The maximum absolute atomic E-state index is 12.8. The number of pyridine rings is 1. The molecule has 0 saturated carbocycles. The summed E-state index contributed by atoms with van der Waals surface area (Å²) >= 11 is 0. The van der Waals surface area contributed by atoms with E-state index in [0.29, 0.717) is 29.7 Å². The highest BCUT2D eigenvalue weighted by Crippen LogP contribution is 2.20. The molecule has 1 aromatic heterocycles. The van der Waals surface area contributed by atoms with E-state index in [0.717, 1.165) is 17.7 Å². The smallest absolute Gasteiger partial charge is 0.258 e. The van der Waals surface area contributed by atoms with Crippen molar-refractivity contribution in [1.82, 2.24) is 10.3 Å². The molecule has 1 amide bonds. The van der Waals surface area contributed by atoms with Crippen molar-refractivity contribution in [3.63, 3.8) is 0 Å². The third-order valence-corrected chi connectivity index (χ3v) is 5.06. The molecule has 160 valence electrons. The van der Waals surface area contributed by atoms with Crippen LogP contribution in [0.5, 0.6) is 5.75 Å². The Morgan fingerprint density at radius 3 is 2.61 bits per heavy atom. The molecule has 0 spiro atoms. The molecule has 1 heterocycles. The van der Waals surface area contributed by atoms with Crippen LogP contribution in [-0.2, 0) is 6.54 Å². The molecule has 6 heteroatoms. The van der Waals surface area contributed by atoms with Gasteiger partial charge < -0.3 is 10.1 Å². The number of aromatic nitrogens is 1. The number of ether oxygens (including phenoxy) is 1. The molecule has 0 aliphatic carbocycles. The summed E-state index contributed by atoms with van der Waals surface area (Å²) in [5.41, 5.74) is 3.57. The maximum atomic E-state index is 12.8. The van der Waals surface area contributed by atoms with Gasteiger partial charge in [-0.3, -0.25) is 15.1 Å². The lowest BCUT2D eigenvalue weighted by Gasteiger charge is -2.14. The van der Waals surface area contributed by atoms with Gasteiger partial charge in [0.05, 0.1) is 13.7 Å². The summed E-state index contributed by atoms with van der Waals surface area (Å²) in [5, 5.41) is 6.10. The normalized spacial score (nSPS) is 12.2. The zero-order valence-electron chi connectivity index (χ0n) is 18.1. The van der Waals surface area contributed by atoms with Crippen LogP contribution in [0, 0.1) is 0 Å². The van der Waals surface area contributed by atoms with Gasteiger partial charge in [0, 0.05) is 23.6 Å². The Morgan fingerprint density at radius 1 is 1.13 bits per heavy atom. The van der Waals surface area contributed by atoms with Crippen molar-refractivity contribution in [1.29, 1.82) is 0 Å². The molecule has 0 saturated heterocycles. The SMILES string of the molecule is CC[C@H](C)c1ccc(NC(=NCc2cccnc2)NC(=O)c2cccc(OC)c2)cc1. The van der Waals surface area contributed by atoms with E-state index in [1.165, 1.54) is 5.56 Å². The van der Waals surface area contributed by atoms with Crippen LogP contribution in [0.4, 0.5) is 5.69 Å². The van der Waals surface area contributed by atoms with Crippen molar-refractivity contribution in [2.75, 3.05) is 12.4 Å². The number of hydrogen-bond donors (Lipinski definition) is 2. The molecular formula is C25H28N4O2. The Labute approximate surface area is 183 Å². The first-order valence-electron chi connectivity index (χ1n) is 10.3. The van der Waals surface area contributed by atoms with Crippen molar-refractivity contribution in [3.05, 3.63) is 89.7 Å². The second kappa shape index (κ2) is 10.9. The molecule has 0 bridgehead atoms. The molecule has 2 aromatic carbocycles. The first kappa shape index (κ1) is 22.0. The van der Waals surface area contributed by atoms with Gasteiger partial charge in [0.25, 0.3) is 5.91 Å².